The third kappa shape index (κ3) is 4.41. The molecule has 41 heavy (non-hydrogen) atoms. The molecule has 0 spiro atoms. The lowest BCUT2D eigenvalue weighted by Gasteiger charge is -2.21. The fourth-order valence-corrected chi connectivity index (χ4v) is 7.57. The number of hydrogen-bond acceptors (Lipinski definition) is 7. The number of thiophene rings is 1. The maximum atomic E-state index is 15.9. The number of fused-ring (bicyclic) bond motifs is 3. The normalized spacial score (nSPS) is 23.1. The summed E-state index contributed by atoms with van der Waals surface area (Å²) in [6.45, 7) is 7.08. The Hall–Kier alpha value is -3.41. The molecule has 5 heterocycles. The lowest BCUT2D eigenvalue weighted by Crippen LogP contribution is -2.31. The van der Waals surface area contributed by atoms with Crippen molar-refractivity contribution >= 4 is 27.3 Å². The van der Waals surface area contributed by atoms with Gasteiger partial charge in [0.05, 0.1) is 30.1 Å². The van der Waals surface area contributed by atoms with Gasteiger partial charge < -0.3 is 19.7 Å². The van der Waals surface area contributed by atoms with Crippen molar-refractivity contribution in [3.8, 4) is 28.3 Å². The third-order valence-electron chi connectivity index (χ3n) is 8.68. The number of benzene rings is 1. The van der Waals surface area contributed by atoms with Gasteiger partial charge in [-0.15, -0.1) is 11.3 Å². The molecule has 1 amide bonds. The number of pyridine rings is 1. The predicted molar refractivity (Wildman–Crippen MR) is 152 cm³/mol. The molecule has 2 fully saturated rings. The first-order valence-corrected chi connectivity index (χ1v) is 14.8. The van der Waals surface area contributed by atoms with Crippen molar-refractivity contribution in [3.63, 3.8) is 0 Å². The molecule has 7 rings (SSSR count). The molecule has 1 saturated heterocycles. The molecule has 1 saturated carbocycles. The van der Waals surface area contributed by atoms with Crippen LogP contribution < -0.4 is 10.1 Å². The quantitative estimate of drug-likeness (QED) is 0.311. The van der Waals surface area contributed by atoms with Crippen molar-refractivity contribution in [1.82, 2.24) is 25.0 Å². The van der Waals surface area contributed by atoms with Gasteiger partial charge in [-0.2, -0.15) is 5.10 Å². The van der Waals surface area contributed by atoms with E-state index in [4.69, 9.17) is 19.6 Å². The molecular weight excluding hydrogens is 548 g/mol. The number of amides is 1. The highest BCUT2D eigenvalue weighted by Crippen LogP contribution is 2.60. The standard InChI is InChI=1S/C30H31F2N5O3S/c1-15-23-12-22(35-37(23)6-5-33-15)29-27(26-21(32)10-17(31)11-24(26)40-8-7-39-3)30-18(4-9-41-30)28(34-29)25-19-13-36(16(2)38)14-20(19)25/h4,9-12,15,19-20,25,33H,5-8,13-14H2,1-3H3. The van der Waals surface area contributed by atoms with E-state index < -0.39 is 11.6 Å². The number of aromatic nitrogens is 3. The van der Waals surface area contributed by atoms with Crippen LogP contribution in [-0.2, 0) is 16.1 Å². The van der Waals surface area contributed by atoms with Crippen LogP contribution in [0.15, 0.2) is 29.6 Å². The Balaban J connectivity index is 1.44. The molecule has 4 aromatic rings. The van der Waals surface area contributed by atoms with Crippen LogP contribution in [0.25, 0.3) is 32.6 Å². The molecule has 2 aliphatic heterocycles. The number of likely N-dealkylation sites (tertiary alicyclic amines) is 1. The Bertz CT molecular complexity index is 1660. The van der Waals surface area contributed by atoms with E-state index in [-0.39, 0.29) is 42.4 Å². The number of nitrogens with zero attached hydrogens (tertiary/aromatic N) is 4. The first-order valence-electron chi connectivity index (χ1n) is 13.9. The van der Waals surface area contributed by atoms with Crippen LogP contribution in [-0.4, -0.2) is 65.5 Å². The van der Waals surface area contributed by atoms with E-state index in [1.807, 2.05) is 27.1 Å². The Morgan fingerprint density at radius 2 is 1.98 bits per heavy atom. The maximum absolute atomic E-state index is 15.9. The first-order chi connectivity index (χ1) is 19.9. The molecule has 3 aliphatic rings. The Morgan fingerprint density at radius 3 is 2.71 bits per heavy atom. The number of rotatable bonds is 7. The number of carbonyl (C=O) groups excluding carboxylic acids is 1. The van der Waals surface area contributed by atoms with Gasteiger partial charge in [0, 0.05) is 73.4 Å². The lowest BCUT2D eigenvalue weighted by atomic mass is 9.96. The lowest BCUT2D eigenvalue weighted by molar-refractivity contribution is -0.128. The average Bonchev–Trinajstić information content (AvgIpc) is 3.40. The highest BCUT2D eigenvalue weighted by molar-refractivity contribution is 7.17. The number of ether oxygens (including phenoxy) is 2. The minimum Gasteiger partial charge on any atom is -0.490 e. The number of hydrogen-bond donors (Lipinski definition) is 1. The summed E-state index contributed by atoms with van der Waals surface area (Å²) in [6.07, 6.45) is 0. The minimum absolute atomic E-state index is 0.0970. The van der Waals surface area contributed by atoms with Crippen LogP contribution in [0.2, 0.25) is 0 Å². The molecule has 8 nitrogen and oxygen atoms in total. The van der Waals surface area contributed by atoms with Crippen LogP contribution in [0.3, 0.4) is 0 Å². The molecule has 3 atom stereocenters. The van der Waals surface area contributed by atoms with Gasteiger partial charge in [-0.05, 0) is 36.3 Å². The molecule has 1 N–H and O–H groups in total. The third-order valence-corrected chi connectivity index (χ3v) is 9.61. The fourth-order valence-electron chi connectivity index (χ4n) is 6.62. The molecule has 3 unspecified atom stereocenters. The second-order valence-corrected chi connectivity index (χ2v) is 12.0. The second kappa shape index (κ2) is 10.1. The number of nitrogens with one attached hydrogen (secondary N) is 1. The Kier molecular flexibility index (Phi) is 6.55. The van der Waals surface area contributed by atoms with E-state index in [0.29, 0.717) is 35.3 Å². The smallest absolute Gasteiger partial charge is 0.219 e. The maximum Gasteiger partial charge on any atom is 0.219 e. The first kappa shape index (κ1) is 26.5. The van der Waals surface area contributed by atoms with Gasteiger partial charge >= 0.3 is 0 Å². The van der Waals surface area contributed by atoms with Crippen molar-refractivity contribution in [2.24, 2.45) is 11.8 Å². The second-order valence-electron chi connectivity index (χ2n) is 11.1. The summed E-state index contributed by atoms with van der Waals surface area (Å²) in [5, 5.41) is 11.3. The largest absolute Gasteiger partial charge is 0.490 e. The van der Waals surface area contributed by atoms with E-state index in [9.17, 15) is 9.18 Å². The van der Waals surface area contributed by atoms with Gasteiger partial charge in [0.2, 0.25) is 5.91 Å². The summed E-state index contributed by atoms with van der Waals surface area (Å²) in [4.78, 5) is 19.2. The van der Waals surface area contributed by atoms with Crippen molar-refractivity contribution in [1.29, 1.82) is 0 Å². The summed E-state index contributed by atoms with van der Waals surface area (Å²) < 4.78 is 44.2. The highest BCUT2D eigenvalue weighted by atomic mass is 32.1. The zero-order chi connectivity index (χ0) is 28.4. The van der Waals surface area contributed by atoms with E-state index in [0.717, 1.165) is 47.2 Å². The summed E-state index contributed by atoms with van der Waals surface area (Å²) in [7, 11) is 1.55. The zero-order valence-electron chi connectivity index (χ0n) is 23.1. The number of halogens is 2. The predicted octanol–water partition coefficient (Wildman–Crippen LogP) is 4.99. The molecule has 0 radical (unpaired) electrons. The number of carbonyl (C=O) groups is 1. The average molecular weight is 580 g/mol. The zero-order valence-corrected chi connectivity index (χ0v) is 23.9. The monoisotopic (exact) mass is 579 g/mol. The molecule has 1 aliphatic carbocycles. The van der Waals surface area contributed by atoms with Crippen molar-refractivity contribution in [2.45, 2.75) is 32.4 Å². The molecule has 1 aromatic carbocycles. The van der Waals surface area contributed by atoms with Crippen LogP contribution in [0.4, 0.5) is 8.78 Å². The highest BCUT2D eigenvalue weighted by Gasteiger charge is 2.58. The van der Waals surface area contributed by atoms with Crippen LogP contribution >= 0.6 is 11.3 Å². The Morgan fingerprint density at radius 1 is 1.17 bits per heavy atom. The SMILES string of the molecule is COCCOc1cc(F)cc(F)c1-c1c(-c2cc3n(n2)CCNC3C)nc(C2C3CN(C(C)=O)CC32)c2ccsc12. The molecular formula is C30H31F2N5O3S. The van der Waals surface area contributed by atoms with Gasteiger partial charge in [-0.25, -0.2) is 13.8 Å². The molecule has 3 aromatic heterocycles. The van der Waals surface area contributed by atoms with Gasteiger partial charge in [-0.1, -0.05) is 0 Å². The van der Waals surface area contributed by atoms with E-state index in [2.05, 4.69) is 12.2 Å². The summed E-state index contributed by atoms with van der Waals surface area (Å²) >= 11 is 1.50. The van der Waals surface area contributed by atoms with Crippen LogP contribution in [0.1, 0.15) is 37.2 Å². The van der Waals surface area contributed by atoms with Gasteiger partial charge in [0.1, 0.15) is 35.4 Å². The van der Waals surface area contributed by atoms with E-state index >= 15 is 4.39 Å². The number of piperidine rings is 1. The van der Waals surface area contributed by atoms with Crippen molar-refractivity contribution in [2.75, 3.05) is 40.0 Å². The van der Waals surface area contributed by atoms with Crippen LogP contribution in [0.5, 0.6) is 5.75 Å². The van der Waals surface area contributed by atoms with Gasteiger partial charge in [0.25, 0.3) is 0 Å². The molecule has 0 bridgehead atoms. The van der Waals surface area contributed by atoms with Crippen molar-refractivity contribution in [3.05, 3.63) is 52.7 Å². The van der Waals surface area contributed by atoms with E-state index in [1.165, 1.54) is 17.4 Å². The topological polar surface area (TPSA) is 81.5 Å². The summed E-state index contributed by atoms with van der Waals surface area (Å²) in [5.41, 5.74) is 3.91. The van der Waals surface area contributed by atoms with E-state index in [1.54, 1.807) is 14.0 Å². The molecule has 11 heteroatoms. The van der Waals surface area contributed by atoms with Crippen LogP contribution in [0, 0.1) is 23.5 Å². The van der Waals surface area contributed by atoms with Crippen molar-refractivity contribution < 1.29 is 23.0 Å². The summed E-state index contributed by atoms with van der Waals surface area (Å²) in [6, 6.07) is 6.26. The van der Waals surface area contributed by atoms with Gasteiger partial charge in [0.15, 0.2) is 0 Å². The fraction of sp³-hybridized carbons (Fsp3) is 0.433. The molecule has 214 valence electrons. The minimum atomic E-state index is -0.720. The van der Waals surface area contributed by atoms with Gasteiger partial charge in [-0.3, -0.25) is 9.48 Å². The summed E-state index contributed by atoms with van der Waals surface area (Å²) in [5.74, 6) is -0.327. The number of methoxy groups -OCH3 is 1. The Labute approximate surface area is 240 Å².